The van der Waals surface area contributed by atoms with Crippen molar-refractivity contribution < 1.29 is 27.8 Å². The first kappa shape index (κ1) is 22.2. The summed E-state index contributed by atoms with van der Waals surface area (Å²) in [4.78, 5) is 13.2. The maximum atomic E-state index is 13.1. The minimum atomic E-state index is -3.71. The van der Waals surface area contributed by atoms with Crippen LogP contribution in [0.15, 0.2) is 65.6 Å². The van der Waals surface area contributed by atoms with Crippen molar-refractivity contribution in [1.82, 2.24) is 9.21 Å². The zero-order valence-corrected chi connectivity index (χ0v) is 18.6. The molecule has 1 atom stereocenters. The zero-order chi connectivity index (χ0) is 22.7. The Kier molecular flexibility index (Phi) is 6.38. The third-order valence-electron chi connectivity index (χ3n) is 5.67. The number of piperazine rings is 1. The first-order chi connectivity index (χ1) is 15.3. The number of aryl methyl sites for hydroxylation is 1. The Labute approximate surface area is 187 Å². The molecule has 2 aliphatic heterocycles. The number of hydrogen-bond donors (Lipinski definition) is 1. The highest BCUT2D eigenvalue weighted by Gasteiger charge is 2.32. The number of rotatable bonds is 7. The van der Waals surface area contributed by atoms with Crippen LogP contribution in [0.1, 0.15) is 16.7 Å². The standard InChI is InChI=1S/C23H26N2O6S/c1-17-7-8-20(14-19(17)15-22(26)27)32(28,29)25-11-9-24(10-12-25)21-16-30-23(31-21)13-18-5-3-2-4-6-18/h2-8,14,16,23H,9-13,15H2,1H3,(H,26,27). The second-order valence-corrected chi connectivity index (χ2v) is 9.82. The molecule has 170 valence electrons. The molecule has 0 amide bonds. The molecule has 0 radical (unpaired) electrons. The molecule has 2 aliphatic rings. The lowest BCUT2D eigenvalue weighted by Crippen LogP contribution is -2.48. The van der Waals surface area contributed by atoms with E-state index in [0.717, 1.165) is 11.1 Å². The summed E-state index contributed by atoms with van der Waals surface area (Å²) in [5.41, 5.74) is 2.37. The molecule has 0 saturated carbocycles. The van der Waals surface area contributed by atoms with Gasteiger partial charge in [0.1, 0.15) is 6.26 Å². The molecule has 0 aliphatic carbocycles. The van der Waals surface area contributed by atoms with E-state index < -0.39 is 22.3 Å². The molecule has 8 nitrogen and oxygen atoms in total. The van der Waals surface area contributed by atoms with Gasteiger partial charge in [0.2, 0.25) is 22.2 Å². The smallest absolute Gasteiger partial charge is 0.307 e. The van der Waals surface area contributed by atoms with Crippen LogP contribution in [0.4, 0.5) is 0 Å². The van der Waals surface area contributed by atoms with Gasteiger partial charge in [-0.25, -0.2) is 8.42 Å². The molecule has 1 fully saturated rings. The molecular formula is C23H26N2O6S. The average Bonchev–Trinajstić information content (AvgIpc) is 3.24. The SMILES string of the molecule is Cc1ccc(S(=O)(=O)N2CCN(C3=COC(Cc4ccccc4)O3)CC2)cc1CC(=O)O. The van der Waals surface area contributed by atoms with E-state index >= 15 is 0 Å². The van der Waals surface area contributed by atoms with E-state index in [1.807, 2.05) is 35.2 Å². The van der Waals surface area contributed by atoms with Crippen LogP contribution in [-0.4, -0.2) is 61.2 Å². The molecule has 2 aromatic rings. The Hall–Kier alpha value is -3.04. The van der Waals surface area contributed by atoms with Crippen LogP contribution >= 0.6 is 0 Å². The maximum absolute atomic E-state index is 13.1. The summed E-state index contributed by atoms with van der Waals surface area (Å²) in [6.45, 7) is 3.32. The van der Waals surface area contributed by atoms with E-state index in [9.17, 15) is 13.2 Å². The zero-order valence-electron chi connectivity index (χ0n) is 17.8. The predicted molar refractivity (Wildman–Crippen MR) is 117 cm³/mol. The quantitative estimate of drug-likeness (QED) is 0.680. The third kappa shape index (κ3) is 4.89. The summed E-state index contributed by atoms with van der Waals surface area (Å²) in [5, 5.41) is 9.08. The van der Waals surface area contributed by atoms with Gasteiger partial charge >= 0.3 is 5.97 Å². The van der Waals surface area contributed by atoms with Gasteiger partial charge in [-0.05, 0) is 35.7 Å². The van der Waals surface area contributed by atoms with Crippen molar-refractivity contribution in [2.24, 2.45) is 0 Å². The Balaban J connectivity index is 1.36. The van der Waals surface area contributed by atoms with Crippen molar-refractivity contribution >= 4 is 16.0 Å². The van der Waals surface area contributed by atoms with Crippen molar-refractivity contribution in [2.75, 3.05) is 26.2 Å². The number of hydrogen-bond acceptors (Lipinski definition) is 6. The summed E-state index contributed by atoms with van der Waals surface area (Å²) in [7, 11) is -3.71. The highest BCUT2D eigenvalue weighted by molar-refractivity contribution is 7.89. The molecular weight excluding hydrogens is 432 g/mol. The highest BCUT2D eigenvalue weighted by atomic mass is 32.2. The third-order valence-corrected chi connectivity index (χ3v) is 7.56. The lowest BCUT2D eigenvalue weighted by atomic mass is 10.1. The second kappa shape index (κ2) is 9.22. The van der Waals surface area contributed by atoms with Gasteiger partial charge in [0.05, 0.1) is 11.3 Å². The summed E-state index contributed by atoms with van der Waals surface area (Å²) in [5.74, 6) is -0.379. The molecule has 32 heavy (non-hydrogen) atoms. The van der Waals surface area contributed by atoms with Crippen LogP contribution in [-0.2, 0) is 37.1 Å². The van der Waals surface area contributed by atoms with E-state index in [-0.39, 0.29) is 11.3 Å². The topological polar surface area (TPSA) is 96.4 Å². The van der Waals surface area contributed by atoms with Gasteiger partial charge in [-0.1, -0.05) is 36.4 Å². The van der Waals surface area contributed by atoms with Gasteiger partial charge in [-0.3, -0.25) is 4.79 Å². The van der Waals surface area contributed by atoms with Crippen LogP contribution in [0.2, 0.25) is 0 Å². The van der Waals surface area contributed by atoms with Gasteiger partial charge in [-0.2, -0.15) is 4.31 Å². The predicted octanol–water partition coefficient (Wildman–Crippen LogP) is 2.34. The molecule has 1 N–H and O–H groups in total. The van der Waals surface area contributed by atoms with Gasteiger partial charge in [0.25, 0.3) is 0 Å². The van der Waals surface area contributed by atoms with Gasteiger partial charge in [0.15, 0.2) is 0 Å². The fraction of sp³-hybridized carbons (Fsp3) is 0.348. The molecule has 2 heterocycles. The number of carbonyl (C=O) groups is 1. The van der Waals surface area contributed by atoms with Crippen molar-refractivity contribution in [3.63, 3.8) is 0 Å². The summed E-state index contributed by atoms with van der Waals surface area (Å²) in [6.07, 6.45) is 1.62. The number of sulfonamides is 1. The molecule has 4 rings (SSSR count). The minimum absolute atomic E-state index is 0.121. The number of aliphatic carboxylic acids is 1. The Morgan fingerprint density at radius 1 is 1.09 bits per heavy atom. The van der Waals surface area contributed by atoms with Crippen LogP contribution in [0, 0.1) is 6.92 Å². The fourth-order valence-electron chi connectivity index (χ4n) is 3.83. The number of nitrogens with zero attached hydrogens (tertiary/aromatic N) is 2. The lowest BCUT2D eigenvalue weighted by molar-refractivity contribution is -0.136. The van der Waals surface area contributed by atoms with Crippen molar-refractivity contribution in [3.8, 4) is 0 Å². The monoisotopic (exact) mass is 458 g/mol. The van der Waals surface area contributed by atoms with Gasteiger partial charge in [-0.15, -0.1) is 0 Å². The molecule has 0 aromatic heterocycles. The number of benzene rings is 2. The Bertz CT molecular complexity index is 1110. The fourth-order valence-corrected chi connectivity index (χ4v) is 5.30. The average molecular weight is 459 g/mol. The Morgan fingerprint density at radius 3 is 2.50 bits per heavy atom. The normalized spacial score (nSPS) is 19.2. The van der Waals surface area contributed by atoms with E-state index in [1.54, 1.807) is 19.3 Å². The van der Waals surface area contributed by atoms with E-state index in [2.05, 4.69) is 0 Å². The Morgan fingerprint density at radius 2 is 1.81 bits per heavy atom. The molecule has 0 bridgehead atoms. The molecule has 1 saturated heterocycles. The molecule has 1 unspecified atom stereocenters. The first-order valence-electron chi connectivity index (χ1n) is 10.5. The number of carboxylic acids is 1. The molecule has 9 heteroatoms. The van der Waals surface area contributed by atoms with E-state index in [1.165, 1.54) is 16.4 Å². The highest BCUT2D eigenvalue weighted by Crippen LogP contribution is 2.25. The maximum Gasteiger partial charge on any atom is 0.307 e. The molecule has 0 spiro atoms. The number of ether oxygens (including phenoxy) is 2. The molecule has 2 aromatic carbocycles. The first-order valence-corrected chi connectivity index (χ1v) is 11.9. The van der Waals surface area contributed by atoms with Crippen molar-refractivity contribution in [2.45, 2.75) is 31.0 Å². The van der Waals surface area contributed by atoms with Crippen LogP contribution in [0.25, 0.3) is 0 Å². The van der Waals surface area contributed by atoms with E-state index in [4.69, 9.17) is 14.6 Å². The largest absolute Gasteiger partial charge is 0.481 e. The van der Waals surface area contributed by atoms with Crippen molar-refractivity contribution in [1.29, 1.82) is 0 Å². The van der Waals surface area contributed by atoms with Crippen LogP contribution < -0.4 is 0 Å². The van der Waals surface area contributed by atoms with Crippen LogP contribution in [0.5, 0.6) is 0 Å². The summed E-state index contributed by atoms with van der Waals surface area (Å²) in [6, 6.07) is 14.6. The van der Waals surface area contributed by atoms with Crippen LogP contribution in [0.3, 0.4) is 0 Å². The van der Waals surface area contributed by atoms with Gasteiger partial charge < -0.3 is 19.5 Å². The van der Waals surface area contributed by atoms with Gasteiger partial charge in [0, 0.05) is 32.6 Å². The number of carboxylic acid groups (broad SMARTS) is 1. The minimum Gasteiger partial charge on any atom is -0.481 e. The summed E-state index contributed by atoms with van der Waals surface area (Å²) >= 11 is 0. The second-order valence-electron chi connectivity index (χ2n) is 7.88. The lowest BCUT2D eigenvalue weighted by Gasteiger charge is -2.34. The summed E-state index contributed by atoms with van der Waals surface area (Å²) < 4.78 is 39.2. The van der Waals surface area contributed by atoms with Crippen molar-refractivity contribution in [3.05, 3.63) is 77.4 Å². The van der Waals surface area contributed by atoms with E-state index in [0.29, 0.717) is 44.0 Å².